The van der Waals surface area contributed by atoms with E-state index in [0.29, 0.717) is 17.4 Å². The second-order valence-corrected chi connectivity index (χ2v) is 8.58. The van der Waals surface area contributed by atoms with E-state index in [1.165, 1.54) is 44.9 Å². The molecular formula is C20H31N7O. The van der Waals surface area contributed by atoms with Crippen molar-refractivity contribution in [3.05, 3.63) is 12.2 Å². The highest BCUT2D eigenvalue weighted by Crippen LogP contribution is 2.32. The standard InChI is InChI=1S/C20H31N7O/c1-13-5-7-15(8-6-13)11-27-12-23-18-16(27)17(22-10-9-14-3-2-4-14)24-19(25-18)20(28)26-21/h12-15H,2-11,21H2,1H3,(H,26,28)(H,22,24,25)/t13-,15-. The highest BCUT2D eigenvalue weighted by molar-refractivity contribution is 5.94. The van der Waals surface area contributed by atoms with Crippen molar-refractivity contribution in [2.45, 2.75) is 64.8 Å². The van der Waals surface area contributed by atoms with Gasteiger partial charge in [-0.15, -0.1) is 0 Å². The smallest absolute Gasteiger partial charge is 0.303 e. The van der Waals surface area contributed by atoms with Crippen LogP contribution in [0, 0.1) is 17.8 Å². The average Bonchev–Trinajstić information content (AvgIpc) is 3.07. The van der Waals surface area contributed by atoms with Gasteiger partial charge in [0.05, 0.1) is 6.33 Å². The molecule has 0 bridgehead atoms. The normalized spacial score (nSPS) is 22.8. The number of carbonyl (C=O) groups is 1. The van der Waals surface area contributed by atoms with Gasteiger partial charge in [-0.3, -0.25) is 10.2 Å². The number of hydrogen-bond acceptors (Lipinski definition) is 6. The Labute approximate surface area is 165 Å². The Morgan fingerprint density at radius 2 is 1.96 bits per heavy atom. The van der Waals surface area contributed by atoms with E-state index in [-0.39, 0.29) is 5.82 Å². The third kappa shape index (κ3) is 4.11. The van der Waals surface area contributed by atoms with Crippen molar-refractivity contribution in [2.75, 3.05) is 11.9 Å². The van der Waals surface area contributed by atoms with Gasteiger partial charge < -0.3 is 9.88 Å². The van der Waals surface area contributed by atoms with Crippen molar-refractivity contribution in [2.24, 2.45) is 23.6 Å². The quantitative estimate of drug-likeness (QED) is 0.384. The molecule has 2 saturated carbocycles. The lowest BCUT2D eigenvalue weighted by atomic mass is 9.83. The predicted molar refractivity (Wildman–Crippen MR) is 109 cm³/mol. The highest BCUT2D eigenvalue weighted by Gasteiger charge is 2.22. The van der Waals surface area contributed by atoms with Gasteiger partial charge in [0.15, 0.2) is 11.5 Å². The molecule has 0 aromatic carbocycles. The van der Waals surface area contributed by atoms with Crippen molar-refractivity contribution in [3.8, 4) is 0 Å². The number of rotatable bonds is 7. The van der Waals surface area contributed by atoms with Gasteiger partial charge in [0.2, 0.25) is 5.82 Å². The summed E-state index contributed by atoms with van der Waals surface area (Å²) in [5.41, 5.74) is 3.55. The zero-order valence-corrected chi connectivity index (χ0v) is 16.7. The maximum atomic E-state index is 12.0. The van der Waals surface area contributed by atoms with Gasteiger partial charge in [-0.2, -0.15) is 0 Å². The molecule has 152 valence electrons. The molecule has 0 aliphatic heterocycles. The van der Waals surface area contributed by atoms with Crippen LogP contribution in [0.15, 0.2) is 6.33 Å². The van der Waals surface area contributed by atoms with Crippen LogP contribution in [0.25, 0.3) is 11.2 Å². The molecule has 2 aromatic rings. The Balaban J connectivity index is 1.57. The fraction of sp³-hybridized carbons (Fsp3) is 0.700. The Kier molecular flexibility index (Phi) is 5.75. The van der Waals surface area contributed by atoms with Crippen molar-refractivity contribution >= 4 is 22.9 Å². The summed E-state index contributed by atoms with van der Waals surface area (Å²) in [6.45, 7) is 4.10. The molecule has 0 saturated heterocycles. The molecule has 0 unspecified atom stereocenters. The Hall–Kier alpha value is -2.22. The van der Waals surface area contributed by atoms with Gasteiger partial charge in [0, 0.05) is 13.1 Å². The Bertz CT molecular complexity index is 821. The highest BCUT2D eigenvalue weighted by atomic mass is 16.2. The van der Waals surface area contributed by atoms with Crippen LogP contribution in [0.2, 0.25) is 0 Å². The molecule has 2 aliphatic carbocycles. The number of aromatic nitrogens is 4. The number of carbonyl (C=O) groups excluding carboxylic acids is 1. The summed E-state index contributed by atoms with van der Waals surface area (Å²) < 4.78 is 2.16. The lowest BCUT2D eigenvalue weighted by Gasteiger charge is -2.27. The molecule has 2 heterocycles. The van der Waals surface area contributed by atoms with Gasteiger partial charge in [0.25, 0.3) is 0 Å². The first-order valence-electron chi connectivity index (χ1n) is 10.6. The summed E-state index contributed by atoms with van der Waals surface area (Å²) in [7, 11) is 0. The van der Waals surface area contributed by atoms with E-state index >= 15 is 0 Å². The minimum atomic E-state index is -0.500. The van der Waals surface area contributed by atoms with Crippen LogP contribution in [0.5, 0.6) is 0 Å². The number of hydrogen-bond donors (Lipinski definition) is 3. The predicted octanol–water partition coefficient (Wildman–Crippen LogP) is 2.86. The van der Waals surface area contributed by atoms with Crippen molar-refractivity contribution in [1.29, 1.82) is 0 Å². The number of amides is 1. The van der Waals surface area contributed by atoms with Crippen LogP contribution >= 0.6 is 0 Å². The molecule has 4 rings (SSSR count). The molecule has 1 amide bonds. The van der Waals surface area contributed by atoms with Crippen molar-refractivity contribution < 1.29 is 4.79 Å². The number of nitrogen functional groups attached to an aromatic ring is 1. The largest absolute Gasteiger partial charge is 0.368 e. The molecule has 8 heteroatoms. The SMILES string of the molecule is C[C@H]1CC[C@H](Cn2cnc3nc(C(=O)NN)nc(NCCC4CCC4)c32)CC1. The maximum absolute atomic E-state index is 12.0. The summed E-state index contributed by atoms with van der Waals surface area (Å²) in [6.07, 6.45) is 12.0. The van der Waals surface area contributed by atoms with E-state index in [0.717, 1.165) is 36.9 Å². The number of nitrogens with zero attached hydrogens (tertiary/aromatic N) is 4. The monoisotopic (exact) mass is 385 g/mol. The van der Waals surface area contributed by atoms with Crippen molar-refractivity contribution in [3.63, 3.8) is 0 Å². The van der Waals surface area contributed by atoms with Gasteiger partial charge in [-0.25, -0.2) is 20.8 Å². The molecule has 0 radical (unpaired) electrons. The molecule has 28 heavy (non-hydrogen) atoms. The summed E-state index contributed by atoms with van der Waals surface area (Å²) in [6, 6.07) is 0. The third-order valence-electron chi connectivity index (χ3n) is 6.47. The second-order valence-electron chi connectivity index (χ2n) is 8.58. The van der Waals surface area contributed by atoms with Gasteiger partial charge in [-0.1, -0.05) is 39.0 Å². The molecular weight excluding hydrogens is 354 g/mol. The number of anilines is 1. The Morgan fingerprint density at radius 3 is 2.64 bits per heavy atom. The molecule has 2 fully saturated rings. The third-order valence-corrected chi connectivity index (χ3v) is 6.47. The second kappa shape index (κ2) is 8.43. The first-order valence-corrected chi connectivity index (χ1v) is 10.6. The molecule has 0 atom stereocenters. The number of nitrogens with one attached hydrogen (secondary N) is 2. The van der Waals surface area contributed by atoms with Crippen LogP contribution in [0.1, 0.15) is 68.9 Å². The number of fused-ring (bicyclic) bond motifs is 1. The van der Waals surface area contributed by atoms with E-state index < -0.39 is 5.91 Å². The fourth-order valence-corrected chi connectivity index (χ4v) is 4.37. The average molecular weight is 386 g/mol. The summed E-state index contributed by atoms with van der Waals surface area (Å²) >= 11 is 0. The first-order chi connectivity index (χ1) is 13.6. The van der Waals surface area contributed by atoms with E-state index in [2.05, 4.69) is 37.2 Å². The van der Waals surface area contributed by atoms with Crippen molar-refractivity contribution in [1.82, 2.24) is 24.9 Å². The van der Waals surface area contributed by atoms with Crippen LogP contribution in [0.3, 0.4) is 0 Å². The van der Waals surface area contributed by atoms with E-state index in [1.807, 2.05) is 6.33 Å². The van der Waals surface area contributed by atoms with Crippen LogP contribution in [-0.4, -0.2) is 32.0 Å². The summed E-state index contributed by atoms with van der Waals surface area (Å²) in [5, 5.41) is 3.44. The van der Waals surface area contributed by atoms with Crippen LogP contribution < -0.4 is 16.6 Å². The molecule has 0 spiro atoms. The van der Waals surface area contributed by atoms with E-state index in [4.69, 9.17) is 5.84 Å². The zero-order valence-electron chi connectivity index (χ0n) is 16.7. The Morgan fingerprint density at radius 1 is 1.18 bits per heavy atom. The molecule has 2 aromatic heterocycles. The topological polar surface area (TPSA) is 111 Å². The van der Waals surface area contributed by atoms with Crippen LogP contribution in [-0.2, 0) is 6.54 Å². The molecule has 4 N–H and O–H groups in total. The number of imidazole rings is 1. The maximum Gasteiger partial charge on any atom is 0.303 e. The van der Waals surface area contributed by atoms with Gasteiger partial charge in [-0.05, 0) is 37.0 Å². The molecule has 2 aliphatic rings. The number of nitrogens with two attached hydrogens (primary N) is 1. The number of hydrazine groups is 1. The minimum Gasteiger partial charge on any atom is -0.368 e. The first kappa shape index (κ1) is 19.1. The van der Waals surface area contributed by atoms with Crippen LogP contribution in [0.4, 0.5) is 5.82 Å². The zero-order chi connectivity index (χ0) is 19.5. The van der Waals surface area contributed by atoms with Gasteiger partial charge >= 0.3 is 5.91 Å². The lowest BCUT2D eigenvalue weighted by molar-refractivity contribution is 0.0943. The fourth-order valence-electron chi connectivity index (χ4n) is 4.37. The van der Waals surface area contributed by atoms with Gasteiger partial charge in [0.1, 0.15) is 5.52 Å². The minimum absolute atomic E-state index is 0.0536. The summed E-state index contributed by atoms with van der Waals surface area (Å²) in [5.74, 6) is 7.82. The van der Waals surface area contributed by atoms with E-state index in [1.54, 1.807) is 0 Å². The van der Waals surface area contributed by atoms with E-state index in [9.17, 15) is 4.79 Å². The molecule has 8 nitrogen and oxygen atoms in total. The lowest BCUT2D eigenvalue weighted by Crippen LogP contribution is -2.32. The summed E-state index contributed by atoms with van der Waals surface area (Å²) in [4.78, 5) is 25.2.